The summed E-state index contributed by atoms with van der Waals surface area (Å²) in [5, 5.41) is 13.9. The van der Waals surface area contributed by atoms with Crippen LogP contribution in [0.15, 0.2) is 24.3 Å². The van der Waals surface area contributed by atoms with Crippen molar-refractivity contribution in [1.82, 2.24) is 4.98 Å². The molecule has 3 N–H and O–H groups in total. The number of thiazole rings is 1. The summed E-state index contributed by atoms with van der Waals surface area (Å²) < 4.78 is 0. The number of aromatic nitrogens is 1. The Morgan fingerprint density at radius 2 is 2.10 bits per heavy atom. The molecule has 5 nitrogen and oxygen atoms in total. The van der Waals surface area contributed by atoms with Crippen LogP contribution in [-0.4, -0.2) is 17.5 Å². The molecule has 0 atom stereocenters. The monoisotopic (exact) mass is 304 g/mol. The van der Waals surface area contributed by atoms with Crippen molar-refractivity contribution in [1.29, 1.82) is 0 Å². The highest BCUT2D eigenvalue weighted by Crippen LogP contribution is 2.26. The lowest BCUT2D eigenvalue weighted by molar-refractivity contribution is -0.302. The molecule has 0 unspecified atom stereocenters. The number of carboxylic acids is 1. The van der Waals surface area contributed by atoms with Gasteiger partial charge in [0.1, 0.15) is 0 Å². The number of aliphatic carboxylic acids is 1. The van der Waals surface area contributed by atoms with E-state index in [4.69, 9.17) is 5.73 Å². The number of hydrogen-bond donors (Lipinski definition) is 2. The summed E-state index contributed by atoms with van der Waals surface area (Å²) in [6.45, 7) is 1.88. The van der Waals surface area contributed by atoms with E-state index in [0.29, 0.717) is 5.13 Å². The van der Waals surface area contributed by atoms with Crippen molar-refractivity contribution in [3.05, 3.63) is 40.4 Å². The standard InChI is InChI=1S/C15H19N3O2S/c1-2-3-12-13(8-10-4-6-11(16)7-5-10)21-15(18-12)17-9-14(19)20/h4-7H,2-3,8-9,16H2,1H3,(H,17,18)(H,19,20)/p-1. The van der Waals surface area contributed by atoms with Gasteiger partial charge in [-0.1, -0.05) is 25.5 Å². The summed E-state index contributed by atoms with van der Waals surface area (Å²) in [5.74, 6) is -1.14. The summed E-state index contributed by atoms with van der Waals surface area (Å²) in [6.07, 6.45) is 2.66. The lowest BCUT2D eigenvalue weighted by atomic mass is 10.1. The summed E-state index contributed by atoms with van der Waals surface area (Å²) in [4.78, 5) is 16.1. The fourth-order valence-corrected chi connectivity index (χ4v) is 3.04. The number of nitrogen functional groups attached to an aromatic ring is 1. The van der Waals surface area contributed by atoms with E-state index in [1.807, 2.05) is 24.3 Å². The number of carboxylic acid groups (broad SMARTS) is 1. The highest BCUT2D eigenvalue weighted by atomic mass is 32.1. The molecule has 21 heavy (non-hydrogen) atoms. The van der Waals surface area contributed by atoms with E-state index in [9.17, 15) is 9.90 Å². The van der Waals surface area contributed by atoms with Crippen molar-refractivity contribution >= 4 is 28.1 Å². The molecule has 0 bridgehead atoms. The molecule has 0 radical (unpaired) electrons. The van der Waals surface area contributed by atoms with Crippen LogP contribution >= 0.6 is 11.3 Å². The van der Waals surface area contributed by atoms with Gasteiger partial charge in [-0.15, -0.1) is 11.3 Å². The molecule has 1 aromatic carbocycles. The average Bonchev–Trinajstić information content (AvgIpc) is 2.82. The van der Waals surface area contributed by atoms with Crippen molar-refractivity contribution in [2.45, 2.75) is 26.2 Å². The molecule has 112 valence electrons. The number of hydrogen-bond acceptors (Lipinski definition) is 6. The van der Waals surface area contributed by atoms with E-state index in [1.54, 1.807) is 0 Å². The summed E-state index contributed by atoms with van der Waals surface area (Å²) in [7, 11) is 0. The highest BCUT2D eigenvalue weighted by molar-refractivity contribution is 7.15. The zero-order chi connectivity index (χ0) is 15.2. The van der Waals surface area contributed by atoms with Gasteiger partial charge in [-0.3, -0.25) is 0 Å². The summed E-state index contributed by atoms with van der Waals surface area (Å²) >= 11 is 1.50. The van der Waals surface area contributed by atoms with Gasteiger partial charge in [0.15, 0.2) is 5.13 Å². The van der Waals surface area contributed by atoms with E-state index < -0.39 is 5.97 Å². The molecule has 0 saturated carbocycles. The third-order valence-electron chi connectivity index (χ3n) is 2.99. The van der Waals surface area contributed by atoms with E-state index in [-0.39, 0.29) is 6.54 Å². The van der Waals surface area contributed by atoms with Gasteiger partial charge in [0.2, 0.25) is 0 Å². The molecule has 2 rings (SSSR count). The Kier molecular flexibility index (Phi) is 5.16. The SMILES string of the molecule is CCCc1nc(NCC(=O)[O-])sc1Cc1ccc(N)cc1. The van der Waals surface area contributed by atoms with Gasteiger partial charge in [-0.05, 0) is 24.1 Å². The minimum absolute atomic E-state index is 0.222. The van der Waals surface area contributed by atoms with Gasteiger partial charge in [0.25, 0.3) is 0 Å². The third-order valence-corrected chi connectivity index (χ3v) is 4.05. The Balaban J connectivity index is 2.15. The van der Waals surface area contributed by atoms with Crippen LogP contribution in [0.3, 0.4) is 0 Å². The number of aryl methyl sites for hydroxylation is 1. The van der Waals surface area contributed by atoms with Crippen LogP contribution in [0.25, 0.3) is 0 Å². The first kappa shape index (κ1) is 15.3. The molecule has 6 heteroatoms. The highest BCUT2D eigenvalue weighted by Gasteiger charge is 2.11. The van der Waals surface area contributed by atoms with Crippen molar-refractivity contribution in [2.75, 3.05) is 17.6 Å². The lowest BCUT2D eigenvalue weighted by Gasteiger charge is -2.02. The zero-order valence-corrected chi connectivity index (χ0v) is 12.7. The van der Waals surface area contributed by atoms with Crippen LogP contribution in [0.5, 0.6) is 0 Å². The van der Waals surface area contributed by atoms with E-state index in [2.05, 4.69) is 17.2 Å². The summed E-state index contributed by atoms with van der Waals surface area (Å²) in [5.41, 5.74) is 8.62. The predicted octanol–water partition coefficient (Wildman–Crippen LogP) is 1.43. The van der Waals surface area contributed by atoms with Gasteiger partial charge < -0.3 is 21.0 Å². The number of nitrogens with two attached hydrogens (primary N) is 1. The zero-order valence-electron chi connectivity index (χ0n) is 11.9. The molecule has 1 heterocycles. The van der Waals surface area contributed by atoms with Gasteiger partial charge in [-0.2, -0.15) is 0 Å². The molecule has 0 saturated heterocycles. The van der Waals surface area contributed by atoms with E-state index in [1.165, 1.54) is 11.3 Å². The topological polar surface area (TPSA) is 91.1 Å². The largest absolute Gasteiger partial charge is 0.548 e. The second-order valence-corrected chi connectivity index (χ2v) is 5.87. The van der Waals surface area contributed by atoms with Gasteiger partial charge >= 0.3 is 0 Å². The van der Waals surface area contributed by atoms with Gasteiger partial charge in [-0.25, -0.2) is 4.98 Å². The first-order valence-corrected chi connectivity index (χ1v) is 7.67. The number of benzene rings is 1. The number of rotatable bonds is 7. The van der Waals surface area contributed by atoms with Gasteiger partial charge in [0.05, 0.1) is 18.2 Å². The van der Waals surface area contributed by atoms with Crippen molar-refractivity contribution in [3.63, 3.8) is 0 Å². The molecule has 0 spiro atoms. The van der Waals surface area contributed by atoms with E-state index >= 15 is 0 Å². The number of carbonyl (C=O) groups is 1. The molecule has 1 aromatic heterocycles. The van der Waals surface area contributed by atoms with E-state index in [0.717, 1.165) is 41.1 Å². The molecule has 0 fully saturated rings. The van der Waals surface area contributed by atoms with Crippen molar-refractivity contribution in [2.24, 2.45) is 0 Å². The Hall–Kier alpha value is -2.08. The average molecular weight is 304 g/mol. The molecule has 0 aliphatic heterocycles. The molecule has 0 aliphatic rings. The quantitative estimate of drug-likeness (QED) is 0.755. The number of nitrogens with one attached hydrogen (secondary N) is 1. The predicted molar refractivity (Wildman–Crippen MR) is 83.3 cm³/mol. The van der Waals surface area contributed by atoms with Crippen molar-refractivity contribution in [3.8, 4) is 0 Å². The molecular weight excluding hydrogens is 286 g/mol. The smallest absolute Gasteiger partial charge is 0.183 e. The number of nitrogens with zero attached hydrogens (tertiary/aromatic N) is 1. The molecule has 0 amide bonds. The van der Waals surface area contributed by atoms with Crippen LogP contribution in [0.2, 0.25) is 0 Å². The van der Waals surface area contributed by atoms with Crippen LogP contribution in [-0.2, 0) is 17.6 Å². The van der Waals surface area contributed by atoms with Crippen LogP contribution < -0.4 is 16.2 Å². The first-order valence-electron chi connectivity index (χ1n) is 6.85. The Morgan fingerprint density at radius 1 is 1.38 bits per heavy atom. The minimum Gasteiger partial charge on any atom is -0.548 e. The second kappa shape index (κ2) is 7.08. The van der Waals surface area contributed by atoms with Crippen LogP contribution in [0, 0.1) is 0 Å². The van der Waals surface area contributed by atoms with Crippen LogP contribution in [0.4, 0.5) is 10.8 Å². The van der Waals surface area contributed by atoms with Crippen molar-refractivity contribution < 1.29 is 9.90 Å². The number of anilines is 2. The van der Waals surface area contributed by atoms with Gasteiger partial charge in [0, 0.05) is 17.0 Å². The maximum Gasteiger partial charge on any atom is 0.183 e. The van der Waals surface area contributed by atoms with Crippen LogP contribution in [0.1, 0.15) is 29.5 Å². The first-order chi connectivity index (χ1) is 10.1. The Morgan fingerprint density at radius 3 is 2.71 bits per heavy atom. The summed E-state index contributed by atoms with van der Waals surface area (Å²) in [6, 6.07) is 7.76. The normalized spacial score (nSPS) is 10.5. The Labute approximate surface area is 127 Å². The number of carbonyl (C=O) groups excluding carboxylic acids is 1. The molecular formula is C15H18N3O2S-. The third kappa shape index (κ3) is 4.46. The Bertz CT molecular complexity index is 608. The maximum atomic E-state index is 10.5. The second-order valence-electron chi connectivity index (χ2n) is 4.78. The lowest BCUT2D eigenvalue weighted by Crippen LogP contribution is -2.30. The fourth-order valence-electron chi connectivity index (χ4n) is 2.00. The fraction of sp³-hybridized carbons (Fsp3) is 0.333. The molecule has 0 aliphatic carbocycles. The molecule has 2 aromatic rings. The minimum atomic E-state index is -1.14. The maximum absolute atomic E-state index is 10.5.